The summed E-state index contributed by atoms with van der Waals surface area (Å²) in [6.45, 7) is 11.7. The molecule has 0 atom stereocenters. The number of carbonyl (C=O) groups is 2. The van der Waals surface area contributed by atoms with Gasteiger partial charge in [-0.15, -0.1) is 0 Å². The van der Waals surface area contributed by atoms with Gasteiger partial charge >= 0.3 is 5.97 Å². The lowest BCUT2D eigenvalue weighted by molar-refractivity contribution is -0.836. The van der Waals surface area contributed by atoms with Crippen molar-refractivity contribution in [2.24, 2.45) is 0 Å². The summed E-state index contributed by atoms with van der Waals surface area (Å²) >= 11 is 0. The van der Waals surface area contributed by atoms with Crippen LogP contribution in [0.1, 0.15) is 20.8 Å². The van der Waals surface area contributed by atoms with E-state index in [0.29, 0.717) is 12.2 Å². The molecule has 5 nitrogen and oxygen atoms in total. The van der Waals surface area contributed by atoms with Crippen LogP contribution in [0.5, 0.6) is 0 Å². The fourth-order valence-electron chi connectivity index (χ4n) is 0.254. The SMILES string of the molecule is C=C(C)C(=O)OCC.C=C(C)C(=O)[O-].C[NH+](C)C.[Cl-]. The van der Waals surface area contributed by atoms with Gasteiger partial charge in [0.15, 0.2) is 0 Å². The highest BCUT2D eigenvalue weighted by Gasteiger charge is 1.98. The molecule has 0 heterocycles. The van der Waals surface area contributed by atoms with E-state index in [1.165, 1.54) is 11.8 Å². The molecule has 114 valence electrons. The number of hydrogen-bond donors (Lipinski definition) is 1. The lowest BCUT2D eigenvalue weighted by atomic mass is 10.4. The zero-order valence-corrected chi connectivity index (χ0v) is 13.4. The third-order valence-electron chi connectivity index (χ3n) is 0.972. The molecule has 0 unspecified atom stereocenters. The van der Waals surface area contributed by atoms with Crippen molar-refractivity contribution in [2.75, 3.05) is 27.7 Å². The molecule has 0 aromatic rings. The molecular weight excluding hydrogens is 270 g/mol. The average Bonchev–Trinajstić information content (AvgIpc) is 2.17. The summed E-state index contributed by atoms with van der Waals surface area (Å²) in [6.07, 6.45) is 0. The van der Waals surface area contributed by atoms with Crippen molar-refractivity contribution in [2.45, 2.75) is 20.8 Å². The van der Waals surface area contributed by atoms with Gasteiger partial charge < -0.3 is 31.9 Å². The Morgan fingerprint density at radius 3 is 1.42 bits per heavy atom. The van der Waals surface area contributed by atoms with Gasteiger partial charge in [0, 0.05) is 5.57 Å². The first kappa shape index (κ1) is 26.3. The van der Waals surface area contributed by atoms with Crippen LogP contribution in [0.3, 0.4) is 0 Å². The molecule has 0 bridgehead atoms. The van der Waals surface area contributed by atoms with Crippen LogP contribution in [0.4, 0.5) is 0 Å². The highest BCUT2D eigenvalue weighted by atomic mass is 35.5. The van der Waals surface area contributed by atoms with Gasteiger partial charge in [-0.3, -0.25) is 0 Å². The highest BCUT2D eigenvalue weighted by molar-refractivity contribution is 5.86. The number of carboxylic acid groups (broad SMARTS) is 1. The van der Waals surface area contributed by atoms with Gasteiger partial charge in [0.1, 0.15) is 0 Å². The Morgan fingerprint density at radius 2 is 1.37 bits per heavy atom. The average molecular weight is 295 g/mol. The molecule has 19 heavy (non-hydrogen) atoms. The Kier molecular flexibility index (Phi) is 23.1. The minimum absolute atomic E-state index is 0. The minimum Gasteiger partial charge on any atom is -1.00 e. The Labute approximate surface area is 122 Å². The topological polar surface area (TPSA) is 70.9 Å². The Bertz CT molecular complexity index is 274. The normalized spacial score (nSPS) is 7.74. The summed E-state index contributed by atoms with van der Waals surface area (Å²) in [6, 6.07) is 0. The van der Waals surface area contributed by atoms with E-state index < -0.39 is 5.97 Å². The summed E-state index contributed by atoms with van der Waals surface area (Å²) in [5.41, 5.74) is 0.516. The summed E-state index contributed by atoms with van der Waals surface area (Å²) in [5, 5.41) is 9.49. The van der Waals surface area contributed by atoms with Crippen LogP contribution < -0.4 is 22.4 Å². The van der Waals surface area contributed by atoms with Gasteiger partial charge in [-0.05, 0) is 26.3 Å². The first-order valence-electron chi connectivity index (χ1n) is 5.52. The summed E-state index contributed by atoms with van der Waals surface area (Å²) in [5.74, 6) is -1.50. The number of quaternary nitrogens is 1. The number of halogens is 1. The van der Waals surface area contributed by atoms with Gasteiger partial charge in [-0.1, -0.05) is 13.2 Å². The summed E-state index contributed by atoms with van der Waals surface area (Å²) < 4.78 is 4.56. The fourth-order valence-corrected chi connectivity index (χ4v) is 0.254. The van der Waals surface area contributed by atoms with E-state index in [1.807, 2.05) is 0 Å². The van der Waals surface area contributed by atoms with Crippen LogP contribution in [0.25, 0.3) is 0 Å². The largest absolute Gasteiger partial charge is 1.00 e. The number of carboxylic acids is 1. The van der Waals surface area contributed by atoms with E-state index in [0.717, 1.165) is 0 Å². The molecule has 0 saturated carbocycles. The molecule has 0 aliphatic heterocycles. The van der Waals surface area contributed by atoms with Crippen LogP contribution >= 0.6 is 0 Å². The fraction of sp³-hybridized carbons (Fsp3) is 0.538. The van der Waals surface area contributed by atoms with Crippen molar-refractivity contribution in [1.82, 2.24) is 0 Å². The predicted molar refractivity (Wildman–Crippen MR) is 70.0 cm³/mol. The third kappa shape index (κ3) is 38.4. The second kappa shape index (κ2) is 16.7. The van der Waals surface area contributed by atoms with E-state index in [2.05, 4.69) is 39.0 Å². The molecule has 0 saturated heterocycles. The van der Waals surface area contributed by atoms with Crippen LogP contribution in [-0.4, -0.2) is 39.7 Å². The van der Waals surface area contributed by atoms with Gasteiger partial charge in [0.25, 0.3) is 0 Å². The first-order valence-corrected chi connectivity index (χ1v) is 5.52. The number of rotatable bonds is 3. The highest BCUT2D eigenvalue weighted by Crippen LogP contribution is 1.89. The number of ether oxygens (including phenoxy) is 1. The van der Waals surface area contributed by atoms with Crippen LogP contribution in [-0.2, 0) is 14.3 Å². The van der Waals surface area contributed by atoms with E-state index in [-0.39, 0.29) is 23.9 Å². The molecule has 6 heteroatoms. The molecule has 0 aliphatic rings. The monoisotopic (exact) mass is 294 g/mol. The zero-order chi connectivity index (χ0) is 15.3. The van der Waals surface area contributed by atoms with Gasteiger partial charge in [-0.2, -0.15) is 0 Å². The standard InChI is InChI=1S/C6H10O2.C4H6O2.C3H9N.ClH/c1-4-8-6(7)5(2)3;1-3(2)4(5)6;1-4(2)3;/h2,4H2,1,3H3;1H2,2H3,(H,5,6);1-3H3;1H/p-1. The quantitative estimate of drug-likeness (QED) is 0.428. The molecule has 0 aromatic heterocycles. The maximum atomic E-state index is 10.4. The maximum Gasteiger partial charge on any atom is 0.333 e. The Morgan fingerprint density at radius 1 is 1.11 bits per heavy atom. The smallest absolute Gasteiger partial charge is 0.333 e. The summed E-state index contributed by atoms with van der Waals surface area (Å²) in [4.78, 5) is 21.3. The number of nitrogens with one attached hydrogen (secondary N) is 1. The minimum atomic E-state index is -1.19. The lowest BCUT2D eigenvalue weighted by Crippen LogP contribution is -3.02. The molecule has 0 amide bonds. The molecule has 0 spiro atoms. The van der Waals surface area contributed by atoms with Gasteiger partial charge in [-0.25, -0.2) is 4.79 Å². The van der Waals surface area contributed by atoms with E-state index in [1.54, 1.807) is 13.8 Å². The maximum absolute atomic E-state index is 10.4. The molecule has 0 fully saturated rings. The van der Waals surface area contributed by atoms with Crippen molar-refractivity contribution in [3.05, 3.63) is 24.3 Å². The van der Waals surface area contributed by atoms with Crippen molar-refractivity contribution in [3.63, 3.8) is 0 Å². The molecule has 0 radical (unpaired) electrons. The van der Waals surface area contributed by atoms with Gasteiger partial charge in [0.2, 0.25) is 0 Å². The predicted octanol–water partition coefficient (Wildman–Crippen LogP) is -3.80. The molecule has 0 aliphatic carbocycles. The third-order valence-corrected chi connectivity index (χ3v) is 0.972. The Hall–Kier alpha value is -1.33. The van der Waals surface area contributed by atoms with E-state index in [4.69, 9.17) is 0 Å². The van der Waals surface area contributed by atoms with E-state index in [9.17, 15) is 14.7 Å². The van der Waals surface area contributed by atoms with Crippen molar-refractivity contribution < 1.29 is 36.7 Å². The molecular formula is C13H25ClNO4-. The molecule has 0 aromatic carbocycles. The van der Waals surface area contributed by atoms with Crippen LogP contribution in [0.2, 0.25) is 0 Å². The molecule has 1 N–H and O–H groups in total. The molecule has 0 rings (SSSR count). The number of aliphatic carboxylic acids is 1. The van der Waals surface area contributed by atoms with Gasteiger partial charge in [0.05, 0.1) is 33.7 Å². The first-order chi connectivity index (χ1) is 8.06. The van der Waals surface area contributed by atoms with Crippen LogP contribution in [0.15, 0.2) is 24.3 Å². The van der Waals surface area contributed by atoms with E-state index >= 15 is 0 Å². The number of hydrogen-bond acceptors (Lipinski definition) is 4. The number of esters is 1. The second-order valence-corrected chi connectivity index (χ2v) is 4.07. The van der Waals surface area contributed by atoms with Crippen molar-refractivity contribution in [1.29, 1.82) is 0 Å². The van der Waals surface area contributed by atoms with Crippen molar-refractivity contribution in [3.8, 4) is 0 Å². The van der Waals surface area contributed by atoms with Crippen molar-refractivity contribution >= 4 is 11.9 Å². The lowest BCUT2D eigenvalue weighted by Gasteiger charge is -1.96. The summed E-state index contributed by atoms with van der Waals surface area (Å²) in [7, 11) is 6.25. The number of carbonyl (C=O) groups excluding carboxylic acids is 2. The Balaban J connectivity index is -0.0000000916. The zero-order valence-electron chi connectivity index (χ0n) is 12.6. The second-order valence-electron chi connectivity index (χ2n) is 4.07. The van der Waals surface area contributed by atoms with Crippen LogP contribution in [0, 0.1) is 0 Å².